The van der Waals surface area contributed by atoms with Gasteiger partial charge in [-0.25, -0.2) is 4.57 Å². The zero-order valence-electron chi connectivity index (χ0n) is 32.2. The first-order valence-corrected chi connectivity index (χ1v) is 21.7. The summed E-state index contributed by atoms with van der Waals surface area (Å²) in [5, 5.41) is 8.86. The van der Waals surface area contributed by atoms with Crippen molar-refractivity contribution in [2.75, 3.05) is 19.8 Å². The molecule has 0 saturated heterocycles. The largest absolute Gasteiger partial charge is 0.480 e. The number of rotatable bonds is 38. The third-order valence-electron chi connectivity index (χ3n) is 8.76. The monoisotopic (exact) mass is 748 g/mol. The molecular weight excluding hydrogens is 673 g/mol. The van der Waals surface area contributed by atoms with Crippen LogP contribution >= 0.6 is 7.82 Å². The number of nitrogens with two attached hydrogens (primary N) is 1. The number of allylic oxidation sites excluding steroid dienone is 2. The van der Waals surface area contributed by atoms with Crippen LogP contribution in [0.15, 0.2) is 12.2 Å². The molecule has 0 aliphatic carbocycles. The number of esters is 2. The van der Waals surface area contributed by atoms with E-state index in [1.807, 2.05) is 0 Å². The lowest BCUT2D eigenvalue weighted by Gasteiger charge is -2.20. The van der Waals surface area contributed by atoms with Crippen LogP contribution in [0.4, 0.5) is 0 Å². The first-order chi connectivity index (χ1) is 24.6. The van der Waals surface area contributed by atoms with Crippen LogP contribution in [-0.2, 0) is 37.5 Å². The molecule has 0 aromatic heterocycles. The molecule has 0 fully saturated rings. The Kier molecular flexibility index (Phi) is 34.0. The van der Waals surface area contributed by atoms with Crippen LogP contribution in [0.1, 0.15) is 187 Å². The van der Waals surface area contributed by atoms with Crippen molar-refractivity contribution in [3.8, 4) is 0 Å². The molecule has 300 valence electrons. The minimum Gasteiger partial charge on any atom is -0.480 e. The number of carboxylic acid groups (broad SMARTS) is 1. The number of unbranched alkanes of at least 4 members (excludes halogenated alkanes) is 22. The topological polar surface area (TPSA) is 172 Å². The summed E-state index contributed by atoms with van der Waals surface area (Å²) in [5.74, 6) is -2.38. The maximum absolute atomic E-state index is 12.6. The summed E-state index contributed by atoms with van der Waals surface area (Å²) in [7, 11) is -4.71. The highest BCUT2D eigenvalue weighted by Crippen LogP contribution is 2.43. The van der Waals surface area contributed by atoms with Gasteiger partial charge in [-0.05, 0) is 38.5 Å². The van der Waals surface area contributed by atoms with Crippen molar-refractivity contribution in [3.63, 3.8) is 0 Å². The molecule has 0 aromatic carbocycles. The Bertz CT molecular complexity index is 932. The van der Waals surface area contributed by atoms with Gasteiger partial charge in [-0.2, -0.15) is 0 Å². The summed E-state index contributed by atoms with van der Waals surface area (Å²) in [5.41, 5.74) is 5.32. The Hall–Kier alpha value is -1.78. The second-order valence-corrected chi connectivity index (χ2v) is 15.2. The lowest BCUT2D eigenvalue weighted by atomic mass is 10.0. The first-order valence-electron chi connectivity index (χ1n) is 20.2. The van der Waals surface area contributed by atoms with Gasteiger partial charge >= 0.3 is 25.7 Å². The maximum atomic E-state index is 12.6. The molecule has 12 heteroatoms. The SMILES string of the molecule is CCCCCCCC/C=C\CCCCCCCC(=O)O[C@H](COC(=O)CCCCCCCCCCCCCC)COP(=O)(O)OCC(N)C(=O)O. The molecule has 0 rings (SSSR count). The number of hydrogen-bond acceptors (Lipinski definition) is 9. The van der Waals surface area contributed by atoms with Gasteiger partial charge in [-0.1, -0.05) is 148 Å². The van der Waals surface area contributed by atoms with Crippen LogP contribution in [0.3, 0.4) is 0 Å². The van der Waals surface area contributed by atoms with Gasteiger partial charge in [0.25, 0.3) is 0 Å². The van der Waals surface area contributed by atoms with Crippen LogP contribution < -0.4 is 5.73 Å². The number of ether oxygens (including phenoxy) is 2. The quantitative estimate of drug-likeness (QED) is 0.0237. The van der Waals surface area contributed by atoms with Crippen LogP contribution in [0.25, 0.3) is 0 Å². The summed E-state index contributed by atoms with van der Waals surface area (Å²) in [4.78, 5) is 45.8. The Morgan fingerprint density at radius 1 is 0.588 bits per heavy atom. The van der Waals surface area contributed by atoms with Gasteiger partial charge in [0.05, 0.1) is 13.2 Å². The van der Waals surface area contributed by atoms with E-state index in [-0.39, 0.29) is 19.4 Å². The second-order valence-electron chi connectivity index (χ2n) is 13.8. The Balaban J connectivity index is 4.41. The number of aliphatic carboxylic acids is 1. The van der Waals surface area contributed by atoms with Crippen LogP contribution in [-0.4, -0.2) is 59.9 Å². The van der Waals surface area contributed by atoms with Crippen LogP contribution in [0.2, 0.25) is 0 Å². The van der Waals surface area contributed by atoms with Crippen molar-refractivity contribution in [2.45, 2.75) is 199 Å². The molecule has 4 N–H and O–H groups in total. The predicted molar refractivity (Wildman–Crippen MR) is 203 cm³/mol. The Morgan fingerprint density at radius 2 is 0.980 bits per heavy atom. The fraction of sp³-hybridized carbons (Fsp3) is 0.872. The van der Waals surface area contributed by atoms with E-state index in [0.717, 1.165) is 57.8 Å². The van der Waals surface area contributed by atoms with E-state index in [0.29, 0.717) is 12.8 Å². The molecule has 0 amide bonds. The van der Waals surface area contributed by atoms with E-state index in [1.165, 1.54) is 89.9 Å². The predicted octanol–water partition coefficient (Wildman–Crippen LogP) is 10.1. The van der Waals surface area contributed by atoms with Crippen molar-refractivity contribution in [1.29, 1.82) is 0 Å². The molecule has 0 aliphatic heterocycles. The number of carboxylic acids is 1. The number of hydrogen-bond donors (Lipinski definition) is 3. The second kappa shape index (κ2) is 35.3. The summed E-state index contributed by atoms with van der Waals surface area (Å²) in [6.45, 7) is 2.78. The average molecular weight is 748 g/mol. The smallest absolute Gasteiger partial charge is 0.472 e. The number of carbonyl (C=O) groups is 3. The van der Waals surface area contributed by atoms with Crippen molar-refractivity contribution >= 4 is 25.7 Å². The highest BCUT2D eigenvalue weighted by atomic mass is 31.2. The molecule has 0 saturated carbocycles. The first kappa shape index (κ1) is 49.2. The number of phosphoric acid groups is 1. The van der Waals surface area contributed by atoms with Crippen LogP contribution in [0, 0.1) is 0 Å². The third kappa shape index (κ3) is 35.0. The molecule has 0 spiro atoms. The van der Waals surface area contributed by atoms with Gasteiger partial charge in [0.2, 0.25) is 0 Å². The molecule has 0 heterocycles. The molecule has 11 nitrogen and oxygen atoms in total. The summed E-state index contributed by atoms with van der Waals surface area (Å²) < 4.78 is 32.6. The third-order valence-corrected chi connectivity index (χ3v) is 9.71. The molecule has 0 aromatic rings. The Morgan fingerprint density at radius 3 is 1.43 bits per heavy atom. The fourth-order valence-corrected chi connectivity index (χ4v) is 6.31. The standard InChI is InChI=1S/C39H74NO10P/c1-3-5-7-9-11-13-15-17-18-19-21-23-25-27-29-31-38(42)50-35(33-48-51(45,46)49-34-36(40)39(43)44)32-47-37(41)30-28-26-24-22-20-16-14-12-10-8-6-4-2/h17-18,35-36H,3-16,19-34,40H2,1-2H3,(H,43,44)(H,45,46)/b18-17-/t35-,36?/m1/s1. The van der Waals surface area contributed by atoms with Gasteiger partial charge in [-0.15, -0.1) is 0 Å². The molecule has 3 atom stereocenters. The summed E-state index contributed by atoms with van der Waals surface area (Å²) >= 11 is 0. The van der Waals surface area contributed by atoms with Crippen molar-refractivity contribution in [2.24, 2.45) is 5.73 Å². The van der Waals surface area contributed by atoms with Crippen molar-refractivity contribution in [1.82, 2.24) is 0 Å². The van der Waals surface area contributed by atoms with Gasteiger partial charge in [0.15, 0.2) is 6.10 Å². The van der Waals surface area contributed by atoms with E-state index < -0.39 is 51.1 Å². The average Bonchev–Trinajstić information content (AvgIpc) is 3.10. The molecular formula is C39H74NO10P. The van der Waals surface area contributed by atoms with E-state index in [2.05, 4.69) is 30.5 Å². The van der Waals surface area contributed by atoms with E-state index in [4.69, 9.17) is 24.8 Å². The molecule has 2 unspecified atom stereocenters. The van der Waals surface area contributed by atoms with Gasteiger partial charge in [0.1, 0.15) is 12.6 Å². The van der Waals surface area contributed by atoms with E-state index in [9.17, 15) is 23.8 Å². The van der Waals surface area contributed by atoms with Crippen molar-refractivity contribution in [3.05, 3.63) is 12.2 Å². The van der Waals surface area contributed by atoms with Crippen molar-refractivity contribution < 1.29 is 47.5 Å². The highest BCUT2D eigenvalue weighted by Gasteiger charge is 2.28. The summed E-state index contributed by atoms with van der Waals surface area (Å²) in [6.07, 6.45) is 32.7. The zero-order valence-corrected chi connectivity index (χ0v) is 33.1. The van der Waals surface area contributed by atoms with E-state index >= 15 is 0 Å². The van der Waals surface area contributed by atoms with Crippen LogP contribution in [0.5, 0.6) is 0 Å². The maximum Gasteiger partial charge on any atom is 0.472 e. The minimum atomic E-state index is -4.71. The lowest BCUT2D eigenvalue weighted by Crippen LogP contribution is -2.34. The Labute approximate surface area is 309 Å². The highest BCUT2D eigenvalue weighted by molar-refractivity contribution is 7.47. The molecule has 0 bridgehead atoms. The number of carbonyl (C=O) groups excluding carboxylic acids is 2. The minimum absolute atomic E-state index is 0.155. The van der Waals surface area contributed by atoms with Gasteiger partial charge in [0, 0.05) is 12.8 Å². The fourth-order valence-electron chi connectivity index (χ4n) is 5.53. The van der Waals surface area contributed by atoms with E-state index in [1.54, 1.807) is 0 Å². The zero-order chi connectivity index (χ0) is 37.8. The normalized spacial score (nSPS) is 14.0. The number of phosphoric ester groups is 1. The molecule has 0 radical (unpaired) electrons. The van der Waals surface area contributed by atoms with Gasteiger partial charge < -0.3 is 25.2 Å². The molecule has 0 aliphatic rings. The lowest BCUT2D eigenvalue weighted by molar-refractivity contribution is -0.161. The van der Waals surface area contributed by atoms with Gasteiger partial charge in [-0.3, -0.25) is 23.4 Å². The summed E-state index contributed by atoms with van der Waals surface area (Å²) in [6, 6.07) is -1.52. The molecule has 51 heavy (non-hydrogen) atoms.